The Morgan fingerprint density at radius 1 is 1.16 bits per heavy atom. The molecule has 31 heavy (non-hydrogen) atoms. The second kappa shape index (κ2) is 9.76. The van der Waals surface area contributed by atoms with Crippen molar-refractivity contribution in [3.8, 4) is 0 Å². The molecule has 0 spiro atoms. The Morgan fingerprint density at radius 2 is 1.81 bits per heavy atom. The molecular weight excluding hydrogens is 447 g/mol. The molecular formula is C21H22ClFN2O5S. The Morgan fingerprint density at radius 3 is 2.45 bits per heavy atom. The lowest BCUT2D eigenvalue weighted by atomic mass is 9.98. The zero-order chi connectivity index (χ0) is 22.6. The number of piperidine rings is 1. The Hall–Kier alpha value is -2.49. The molecule has 7 nitrogen and oxygen atoms in total. The second-order valence-electron chi connectivity index (χ2n) is 7.20. The summed E-state index contributed by atoms with van der Waals surface area (Å²) in [5.41, 5.74) is 1.24. The Kier molecular flexibility index (Phi) is 7.30. The van der Waals surface area contributed by atoms with E-state index in [2.05, 4.69) is 5.32 Å². The maximum absolute atomic E-state index is 13.1. The van der Waals surface area contributed by atoms with Crippen molar-refractivity contribution >= 4 is 39.2 Å². The number of hydrogen-bond donors (Lipinski definition) is 1. The summed E-state index contributed by atoms with van der Waals surface area (Å²) in [6.07, 6.45) is 0.544. The van der Waals surface area contributed by atoms with Gasteiger partial charge in [0, 0.05) is 23.8 Å². The van der Waals surface area contributed by atoms with E-state index in [1.54, 1.807) is 25.1 Å². The first-order chi connectivity index (χ1) is 14.7. The zero-order valence-corrected chi connectivity index (χ0v) is 18.4. The van der Waals surface area contributed by atoms with Crippen LogP contribution < -0.4 is 5.32 Å². The van der Waals surface area contributed by atoms with Crippen LogP contribution >= 0.6 is 11.6 Å². The number of hydrogen-bond acceptors (Lipinski definition) is 5. The predicted molar refractivity (Wildman–Crippen MR) is 114 cm³/mol. The van der Waals surface area contributed by atoms with E-state index >= 15 is 0 Å². The van der Waals surface area contributed by atoms with Gasteiger partial charge in [0.25, 0.3) is 5.91 Å². The highest BCUT2D eigenvalue weighted by molar-refractivity contribution is 7.89. The maximum atomic E-state index is 13.1. The highest BCUT2D eigenvalue weighted by Gasteiger charge is 2.33. The topological polar surface area (TPSA) is 92.8 Å². The number of anilines is 1. The van der Waals surface area contributed by atoms with Crippen LogP contribution in [0.2, 0.25) is 5.02 Å². The summed E-state index contributed by atoms with van der Waals surface area (Å²) < 4.78 is 44.7. The minimum absolute atomic E-state index is 0.00269. The van der Waals surface area contributed by atoms with Gasteiger partial charge in [0.1, 0.15) is 5.82 Å². The Balaban J connectivity index is 1.49. The first-order valence-electron chi connectivity index (χ1n) is 9.66. The fraction of sp³-hybridized carbons (Fsp3) is 0.333. The van der Waals surface area contributed by atoms with E-state index in [1.165, 1.54) is 16.4 Å². The molecule has 1 N–H and O–H groups in total. The monoisotopic (exact) mass is 468 g/mol. The third kappa shape index (κ3) is 5.61. The average molecular weight is 469 g/mol. The van der Waals surface area contributed by atoms with E-state index in [0.717, 1.165) is 12.1 Å². The SMILES string of the molecule is Cc1c(Cl)cccc1NC(=O)COC(=O)C1CCN(S(=O)(=O)c2ccc(F)cc2)CC1. The smallest absolute Gasteiger partial charge is 0.309 e. The average Bonchev–Trinajstić information content (AvgIpc) is 2.75. The van der Waals surface area contributed by atoms with Gasteiger partial charge in [-0.1, -0.05) is 17.7 Å². The van der Waals surface area contributed by atoms with Gasteiger partial charge >= 0.3 is 5.97 Å². The molecule has 1 amide bonds. The summed E-state index contributed by atoms with van der Waals surface area (Å²) in [5, 5.41) is 3.15. The van der Waals surface area contributed by atoms with Crippen molar-refractivity contribution in [1.29, 1.82) is 0 Å². The van der Waals surface area contributed by atoms with Gasteiger partial charge in [-0.25, -0.2) is 12.8 Å². The number of carbonyl (C=O) groups excluding carboxylic acids is 2. The first kappa shape index (κ1) is 23.2. The van der Waals surface area contributed by atoms with Crippen molar-refractivity contribution < 1.29 is 27.1 Å². The van der Waals surface area contributed by atoms with Gasteiger partial charge < -0.3 is 10.1 Å². The molecule has 10 heteroatoms. The standard InChI is InChI=1S/C21H22ClFN2O5S/c1-14-18(22)3-2-4-19(14)24-20(26)13-30-21(27)15-9-11-25(12-10-15)31(28,29)17-7-5-16(23)6-8-17/h2-8,15H,9-13H2,1H3,(H,24,26). The van der Waals surface area contributed by atoms with Crippen molar-refractivity contribution in [3.63, 3.8) is 0 Å². The molecule has 2 aromatic carbocycles. The number of esters is 1. The highest BCUT2D eigenvalue weighted by Crippen LogP contribution is 2.25. The minimum atomic E-state index is -3.76. The Labute approximate surface area is 185 Å². The molecule has 1 fully saturated rings. The van der Waals surface area contributed by atoms with Crippen LogP contribution in [0.3, 0.4) is 0 Å². The van der Waals surface area contributed by atoms with Gasteiger partial charge in [-0.2, -0.15) is 4.31 Å². The normalized spacial score (nSPS) is 15.5. The van der Waals surface area contributed by atoms with E-state index in [4.69, 9.17) is 16.3 Å². The molecule has 0 bridgehead atoms. The number of nitrogens with one attached hydrogen (secondary N) is 1. The summed E-state index contributed by atoms with van der Waals surface area (Å²) >= 11 is 6.02. The maximum Gasteiger partial charge on any atom is 0.309 e. The molecule has 1 saturated heterocycles. The number of benzene rings is 2. The van der Waals surface area contributed by atoms with Gasteiger partial charge in [-0.05, 0) is 61.7 Å². The number of halogens is 2. The Bertz CT molecular complexity index is 1070. The van der Waals surface area contributed by atoms with Crippen molar-refractivity contribution in [1.82, 2.24) is 4.31 Å². The van der Waals surface area contributed by atoms with Crippen LogP contribution in [0.1, 0.15) is 18.4 Å². The van der Waals surface area contributed by atoms with Crippen LogP contribution in [0.5, 0.6) is 0 Å². The molecule has 1 aliphatic rings. The van der Waals surface area contributed by atoms with Crippen LogP contribution in [0, 0.1) is 18.7 Å². The number of rotatable bonds is 6. The molecule has 0 aromatic heterocycles. The van der Waals surface area contributed by atoms with Crippen LogP contribution in [0.15, 0.2) is 47.4 Å². The van der Waals surface area contributed by atoms with Crippen LogP contribution in [0.25, 0.3) is 0 Å². The van der Waals surface area contributed by atoms with Crippen molar-refractivity contribution in [2.24, 2.45) is 5.92 Å². The lowest BCUT2D eigenvalue weighted by molar-refractivity contribution is -0.152. The van der Waals surface area contributed by atoms with E-state index in [9.17, 15) is 22.4 Å². The largest absolute Gasteiger partial charge is 0.455 e. The molecule has 3 rings (SSSR count). The molecule has 2 aromatic rings. The third-order valence-electron chi connectivity index (χ3n) is 5.13. The first-order valence-corrected chi connectivity index (χ1v) is 11.5. The fourth-order valence-corrected chi connectivity index (χ4v) is 4.92. The van der Waals surface area contributed by atoms with Crippen molar-refractivity contribution in [2.45, 2.75) is 24.7 Å². The molecule has 0 atom stereocenters. The van der Waals surface area contributed by atoms with Crippen molar-refractivity contribution in [3.05, 3.63) is 58.9 Å². The predicted octanol–water partition coefficient (Wildman–Crippen LogP) is 3.37. The second-order valence-corrected chi connectivity index (χ2v) is 9.55. The van der Waals surface area contributed by atoms with Crippen LogP contribution in [0.4, 0.5) is 10.1 Å². The lowest BCUT2D eigenvalue weighted by Crippen LogP contribution is -2.40. The van der Waals surface area contributed by atoms with E-state index in [0.29, 0.717) is 16.3 Å². The number of sulfonamides is 1. The van der Waals surface area contributed by atoms with Gasteiger partial charge in [0.05, 0.1) is 10.8 Å². The van der Waals surface area contributed by atoms with Crippen LogP contribution in [-0.2, 0) is 24.3 Å². The summed E-state index contributed by atoms with van der Waals surface area (Å²) in [4.78, 5) is 24.4. The van der Waals surface area contributed by atoms with Gasteiger partial charge in [-0.15, -0.1) is 0 Å². The number of ether oxygens (including phenoxy) is 1. The van der Waals surface area contributed by atoms with E-state index < -0.39 is 40.2 Å². The quantitative estimate of drug-likeness (QED) is 0.656. The summed E-state index contributed by atoms with van der Waals surface area (Å²) in [7, 11) is -3.76. The molecule has 0 radical (unpaired) electrons. The lowest BCUT2D eigenvalue weighted by Gasteiger charge is -2.30. The highest BCUT2D eigenvalue weighted by atomic mass is 35.5. The zero-order valence-electron chi connectivity index (χ0n) is 16.8. The molecule has 1 heterocycles. The van der Waals surface area contributed by atoms with Crippen LogP contribution in [-0.4, -0.2) is 44.3 Å². The molecule has 0 unspecified atom stereocenters. The molecule has 0 aliphatic carbocycles. The number of carbonyl (C=O) groups is 2. The fourth-order valence-electron chi connectivity index (χ4n) is 3.27. The summed E-state index contributed by atoms with van der Waals surface area (Å²) in [6, 6.07) is 9.70. The minimum Gasteiger partial charge on any atom is -0.455 e. The molecule has 1 aliphatic heterocycles. The van der Waals surface area contributed by atoms with E-state index in [1.807, 2.05) is 0 Å². The van der Waals surface area contributed by atoms with Gasteiger partial charge in [0.2, 0.25) is 10.0 Å². The van der Waals surface area contributed by atoms with E-state index in [-0.39, 0.29) is 30.8 Å². The summed E-state index contributed by atoms with van der Waals surface area (Å²) in [6.45, 7) is 1.58. The van der Waals surface area contributed by atoms with Crippen molar-refractivity contribution in [2.75, 3.05) is 25.0 Å². The number of amides is 1. The third-order valence-corrected chi connectivity index (χ3v) is 7.45. The molecule has 0 saturated carbocycles. The van der Waals surface area contributed by atoms with Gasteiger partial charge in [0.15, 0.2) is 6.61 Å². The van der Waals surface area contributed by atoms with Gasteiger partial charge in [-0.3, -0.25) is 9.59 Å². The molecule has 166 valence electrons. The summed E-state index contributed by atoms with van der Waals surface area (Å²) in [5.74, 6) is -2.05. The number of nitrogens with zero attached hydrogens (tertiary/aromatic N) is 1.